The maximum absolute atomic E-state index is 10.6. The van der Waals surface area contributed by atoms with Crippen LogP contribution in [-0.4, -0.2) is 22.4 Å². The first-order valence-electron chi connectivity index (χ1n) is 11.7. The molecular formula is C28H35NO2. The van der Waals surface area contributed by atoms with Crippen molar-refractivity contribution in [2.24, 2.45) is 23.5 Å². The Bertz CT molecular complexity index is 887. The second kappa shape index (κ2) is 10.4. The summed E-state index contributed by atoms with van der Waals surface area (Å²) < 4.78 is 0. The summed E-state index contributed by atoms with van der Waals surface area (Å²) in [4.78, 5) is 0. The van der Waals surface area contributed by atoms with E-state index < -0.39 is 6.10 Å². The van der Waals surface area contributed by atoms with Crippen LogP contribution in [-0.2, 0) is 19.4 Å². The van der Waals surface area contributed by atoms with E-state index in [-0.39, 0.29) is 12.0 Å². The number of aliphatic hydroxyl groups is 2. The molecule has 2 aromatic carbocycles. The molecule has 0 saturated heterocycles. The summed E-state index contributed by atoms with van der Waals surface area (Å²) in [5, 5.41) is 21.0. The lowest BCUT2D eigenvalue weighted by atomic mass is 9.88. The number of aliphatic hydroxyl groups excluding tert-OH is 2. The first-order chi connectivity index (χ1) is 15.1. The van der Waals surface area contributed by atoms with E-state index >= 15 is 0 Å². The molecular weight excluding hydrogens is 382 g/mol. The van der Waals surface area contributed by atoms with Crippen molar-refractivity contribution in [2.45, 2.75) is 57.3 Å². The van der Waals surface area contributed by atoms with Crippen molar-refractivity contribution < 1.29 is 10.2 Å². The van der Waals surface area contributed by atoms with E-state index in [1.165, 1.54) is 22.3 Å². The minimum Gasteiger partial charge on any atom is -0.392 e. The van der Waals surface area contributed by atoms with E-state index in [0.717, 1.165) is 32.1 Å². The fraction of sp³-hybridized carbons (Fsp3) is 0.429. The van der Waals surface area contributed by atoms with Gasteiger partial charge in [0.25, 0.3) is 0 Å². The fourth-order valence-corrected chi connectivity index (χ4v) is 5.25. The van der Waals surface area contributed by atoms with Crippen LogP contribution in [0.25, 0.3) is 0 Å². The smallest absolute Gasteiger partial charge is 0.0724 e. The lowest BCUT2D eigenvalue weighted by Crippen LogP contribution is -2.18. The van der Waals surface area contributed by atoms with Gasteiger partial charge in [0.05, 0.1) is 12.2 Å². The lowest BCUT2D eigenvalue weighted by Gasteiger charge is -2.19. The molecule has 2 aliphatic rings. The first kappa shape index (κ1) is 22.0. The summed E-state index contributed by atoms with van der Waals surface area (Å²) in [5.74, 6) is 1.09. The van der Waals surface area contributed by atoms with Crippen LogP contribution >= 0.6 is 0 Å². The zero-order valence-electron chi connectivity index (χ0n) is 18.2. The number of hydrogen-bond acceptors (Lipinski definition) is 3. The van der Waals surface area contributed by atoms with Gasteiger partial charge in [-0.3, -0.25) is 0 Å². The van der Waals surface area contributed by atoms with Crippen molar-refractivity contribution in [1.82, 2.24) is 0 Å². The van der Waals surface area contributed by atoms with E-state index in [1.807, 2.05) is 24.3 Å². The molecule has 0 aliphatic heterocycles. The second-order valence-corrected chi connectivity index (χ2v) is 9.23. The van der Waals surface area contributed by atoms with Crippen molar-refractivity contribution in [3.63, 3.8) is 0 Å². The molecule has 0 bridgehead atoms. The van der Waals surface area contributed by atoms with Gasteiger partial charge in [0, 0.05) is 12.5 Å². The highest BCUT2D eigenvalue weighted by Crippen LogP contribution is 2.48. The maximum atomic E-state index is 10.6. The zero-order chi connectivity index (χ0) is 21.6. The van der Waals surface area contributed by atoms with E-state index in [1.54, 1.807) is 0 Å². The highest BCUT2D eigenvalue weighted by atomic mass is 16.3. The second-order valence-electron chi connectivity index (χ2n) is 9.23. The van der Waals surface area contributed by atoms with Gasteiger partial charge in [0.1, 0.15) is 0 Å². The van der Waals surface area contributed by atoms with Gasteiger partial charge in [-0.15, -0.1) is 0 Å². The molecule has 4 rings (SSSR count). The molecule has 1 unspecified atom stereocenters. The molecule has 4 N–H and O–H groups in total. The Labute approximate surface area is 186 Å². The number of nitrogens with two attached hydrogens (primary N) is 1. The molecule has 0 aromatic heterocycles. The van der Waals surface area contributed by atoms with Crippen molar-refractivity contribution in [3.05, 3.63) is 95.1 Å². The van der Waals surface area contributed by atoms with Crippen LogP contribution in [0.2, 0.25) is 0 Å². The summed E-state index contributed by atoms with van der Waals surface area (Å²) in [7, 11) is 0. The molecule has 1 fully saturated rings. The summed E-state index contributed by atoms with van der Waals surface area (Å²) in [6.07, 6.45) is 11.3. The number of rotatable bonds is 9. The van der Waals surface area contributed by atoms with Crippen LogP contribution < -0.4 is 5.73 Å². The van der Waals surface area contributed by atoms with E-state index in [4.69, 9.17) is 5.73 Å². The van der Waals surface area contributed by atoms with Crippen LogP contribution in [0.1, 0.15) is 42.4 Å². The Hall–Kier alpha value is -2.20. The monoisotopic (exact) mass is 417 g/mol. The van der Waals surface area contributed by atoms with Crippen molar-refractivity contribution >= 4 is 0 Å². The third-order valence-electron chi connectivity index (χ3n) is 7.07. The van der Waals surface area contributed by atoms with Crippen LogP contribution in [0.4, 0.5) is 0 Å². The van der Waals surface area contributed by atoms with E-state index in [9.17, 15) is 10.2 Å². The third-order valence-corrected chi connectivity index (χ3v) is 7.07. The Morgan fingerprint density at radius 1 is 0.935 bits per heavy atom. The Morgan fingerprint density at radius 3 is 2.39 bits per heavy atom. The predicted octanol–water partition coefficient (Wildman–Crippen LogP) is 4.57. The SMILES string of the molecule is NCc1ccc(CCC2=CC3C[C@@H](O)[C@H](/C=C/[C@@H](O)CCc4ccccc4)[C@H]3C2)cc1. The maximum Gasteiger partial charge on any atom is 0.0724 e. The molecule has 31 heavy (non-hydrogen) atoms. The average Bonchev–Trinajstić information content (AvgIpc) is 3.32. The Kier molecular flexibility index (Phi) is 7.39. The number of allylic oxidation sites excluding steroid dienone is 2. The van der Waals surface area contributed by atoms with Gasteiger partial charge in [-0.25, -0.2) is 0 Å². The number of fused-ring (bicyclic) bond motifs is 1. The van der Waals surface area contributed by atoms with E-state index in [2.05, 4.69) is 48.6 Å². The minimum atomic E-state index is -0.461. The standard InChI is InChI=1S/C28H35NO2/c29-19-22-9-6-21(7-10-22)8-11-23-16-24-18-28(31)26(27(24)17-23)15-14-25(30)13-12-20-4-2-1-3-5-20/h1-7,9-10,14-16,24-28,30-31H,8,11-13,17-19,29H2/b15-14+/t24?,25-,26+,27-,28+/m0/s1. The summed E-state index contributed by atoms with van der Waals surface area (Å²) in [5.41, 5.74) is 11.0. The molecule has 1 saturated carbocycles. The molecule has 3 heteroatoms. The number of aryl methyl sites for hydroxylation is 2. The Morgan fingerprint density at radius 2 is 1.65 bits per heavy atom. The van der Waals surface area contributed by atoms with Gasteiger partial charge in [0.2, 0.25) is 0 Å². The molecule has 0 radical (unpaired) electrons. The van der Waals surface area contributed by atoms with Gasteiger partial charge in [0.15, 0.2) is 0 Å². The highest BCUT2D eigenvalue weighted by molar-refractivity contribution is 5.26. The molecule has 3 nitrogen and oxygen atoms in total. The largest absolute Gasteiger partial charge is 0.392 e. The molecule has 2 aromatic rings. The quantitative estimate of drug-likeness (QED) is 0.524. The highest BCUT2D eigenvalue weighted by Gasteiger charge is 2.43. The van der Waals surface area contributed by atoms with Gasteiger partial charge < -0.3 is 15.9 Å². The van der Waals surface area contributed by atoms with Crippen LogP contribution in [0.15, 0.2) is 78.4 Å². The van der Waals surface area contributed by atoms with Crippen LogP contribution in [0.3, 0.4) is 0 Å². The van der Waals surface area contributed by atoms with Crippen molar-refractivity contribution in [1.29, 1.82) is 0 Å². The number of benzene rings is 2. The lowest BCUT2D eigenvalue weighted by molar-refractivity contribution is 0.139. The van der Waals surface area contributed by atoms with Gasteiger partial charge in [-0.05, 0) is 67.1 Å². The van der Waals surface area contributed by atoms with Crippen molar-refractivity contribution in [2.75, 3.05) is 0 Å². The van der Waals surface area contributed by atoms with Crippen molar-refractivity contribution in [3.8, 4) is 0 Å². The van der Waals surface area contributed by atoms with Crippen LogP contribution in [0.5, 0.6) is 0 Å². The van der Waals surface area contributed by atoms with Gasteiger partial charge >= 0.3 is 0 Å². The molecule has 0 spiro atoms. The van der Waals surface area contributed by atoms with Crippen LogP contribution in [0, 0.1) is 17.8 Å². The summed E-state index contributed by atoms with van der Waals surface area (Å²) >= 11 is 0. The van der Waals surface area contributed by atoms with Gasteiger partial charge in [-0.1, -0.05) is 78.4 Å². The van der Waals surface area contributed by atoms with E-state index in [0.29, 0.717) is 24.8 Å². The summed E-state index contributed by atoms with van der Waals surface area (Å²) in [6.45, 7) is 0.590. The molecule has 164 valence electrons. The molecule has 0 amide bonds. The fourth-order valence-electron chi connectivity index (χ4n) is 5.25. The normalized spacial score (nSPS) is 26.2. The minimum absolute atomic E-state index is 0.147. The van der Waals surface area contributed by atoms with Gasteiger partial charge in [-0.2, -0.15) is 0 Å². The molecule has 2 aliphatic carbocycles. The Balaban J connectivity index is 1.27. The zero-order valence-corrected chi connectivity index (χ0v) is 18.2. The average molecular weight is 418 g/mol. The predicted molar refractivity (Wildman–Crippen MR) is 126 cm³/mol. The molecule has 0 heterocycles. The third kappa shape index (κ3) is 5.74. The summed E-state index contributed by atoms with van der Waals surface area (Å²) in [6, 6.07) is 18.9. The first-order valence-corrected chi connectivity index (χ1v) is 11.7. The number of hydrogen-bond donors (Lipinski definition) is 3. The topological polar surface area (TPSA) is 66.5 Å². The molecule has 5 atom stereocenters.